The summed E-state index contributed by atoms with van der Waals surface area (Å²) in [7, 11) is 0. The molecule has 1 atom stereocenters. The number of amides is 1. The van der Waals surface area contributed by atoms with Crippen molar-refractivity contribution in [2.75, 3.05) is 31.2 Å². The van der Waals surface area contributed by atoms with Gasteiger partial charge in [0.1, 0.15) is 11.6 Å². The van der Waals surface area contributed by atoms with E-state index in [4.69, 9.17) is 4.74 Å². The van der Waals surface area contributed by atoms with Gasteiger partial charge in [-0.15, -0.1) is 0 Å². The zero-order valence-electron chi connectivity index (χ0n) is 13.9. The van der Waals surface area contributed by atoms with E-state index in [1.807, 2.05) is 11.1 Å². The molecule has 1 amide bonds. The first-order chi connectivity index (χ1) is 12.2. The molecule has 0 radical (unpaired) electrons. The van der Waals surface area contributed by atoms with Crippen LogP contribution in [0.3, 0.4) is 0 Å². The molecule has 6 nitrogen and oxygen atoms in total. The number of imidazole rings is 1. The van der Waals surface area contributed by atoms with Gasteiger partial charge < -0.3 is 19.5 Å². The molecule has 3 heterocycles. The minimum atomic E-state index is -0.366. The number of rotatable bonds is 3. The second kappa shape index (κ2) is 6.84. The molecule has 0 saturated carbocycles. The van der Waals surface area contributed by atoms with Gasteiger partial charge in [0.15, 0.2) is 0 Å². The predicted octanol–water partition coefficient (Wildman–Crippen LogP) is 1.60. The number of ether oxygens (including phenoxy) is 1. The van der Waals surface area contributed by atoms with Crippen LogP contribution in [0, 0.1) is 5.82 Å². The number of anilines is 1. The molecule has 1 aromatic carbocycles. The first kappa shape index (κ1) is 16.1. The molecule has 2 aromatic rings. The number of aryl methyl sites for hydroxylation is 1. The van der Waals surface area contributed by atoms with Crippen LogP contribution < -0.4 is 10.2 Å². The SMILES string of the molecule is O=C(NC1CCc2nccn2C1)c1ccc(N2CCOCC2)c(F)c1. The van der Waals surface area contributed by atoms with Crippen LogP contribution in [0.4, 0.5) is 10.1 Å². The van der Waals surface area contributed by atoms with E-state index in [9.17, 15) is 9.18 Å². The van der Waals surface area contributed by atoms with E-state index < -0.39 is 0 Å². The number of hydrogen-bond donors (Lipinski definition) is 1. The lowest BCUT2D eigenvalue weighted by molar-refractivity contribution is 0.0927. The minimum Gasteiger partial charge on any atom is -0.378 e. The lowest BCUT2D eigenvalue weighted by Crippen LogP contribution is -2.41. The molecule has 7 heteroatoms. The molecular formula is C18H21FN4O2. The van der Waals surface area contributed by atoms with Crippen LogP contribution >= 0.6 is 0 Å². The molecule has 1 aromatic heterocycles. The minimum absolute atomic E-state index is 0.0381. The third-order valence-corrected chi connectivity index (χ3v) is 4.83. The van der Waals surface area contributed by atoms with E-state index in [1.54, 1.807) is 18.3 Å². The van der Waals surface area contributed by atoms with Gasteiger partial charge in [-0.3, -0.25) is 4.79 Å². The van der Waals surface area contributed by atoms with E-state index in [-0.39, 0.29) is 17.8 Å². The van der Waals surface area contributed by atoms with E-state index in [0.717, 1.165) is 18.7 Å². The second-order valence-electron chi connectivity index (χ2n) is 6.47. The van der Waals surface area contributed by atoms with Crippen LogP contribution in [0.5, 0.6) is 0 Å². The van der Waals surface area contributed by atoms with Crippen molar-refractivity contribution in [3.8, 4) is 0 Å². The Morgan fingerprint density at radius 1 is 1.32 bits per heavy atom. The molecule has 1 saturated heterocycles. The van der Waals surface area contributed by atoms with E-state index in [0.29, 0.717) is 44.1 Å². The van der Waals surface area contributed by atoms with Crippen LogP contribution in [0.1, 0.15) is 22.6 Å². The summed E-state index contributed by atoms with van der Waals surface area (Å²) in [6, 6.07) is 4.74. The fourth-order valence-electron chi connectivity index (χ4n) is 3.46. The van der Waals surface area contributed by atoms with E-state index >= 15 is 0 Å². The van der Waals surface area contributed by atoms with Gasteiger partial charge in [0.05, 0.1) is 18.9 Å². The Hall–Kier alpha value is -2.41. The maximum Gasteiger partial charge on any atom is 0.251 e. The van der Waals surface area contributed by atoms with E-state index in [1.165, 1.54) is 6.07 Å². The van der Waals surface area contributed by atoms with Crippen LogP contribution in [0.25, 0.3) is 0 Å². The average molecular weight is 344 g/mol. The van der Waals surface area contributed by atoms with Crippen molar-refractivity contribution in [3.05, 3.63) is 47.8 Å². The number of hydrogen-bond acceptors (Lipinski definition) is 4. The molecule has 2 aliphatic rings. The van der Waals surface area contributed by atoms with Gasteiger partial charge in [-0.2, -0.15) is 0 Å². The number of carbonyl (C=O) groups is 1. The summed E-state index contributed by atoms with van der Waals surface area (Å²) in [4.78, 5) is 18.7. The quantitative estimate of drug-likeness (QED) is 0.919. The molecule has 1 N–H and O–H groups in total. The summed E-state index contributed by atoms with van der Waals surface area (Å²) in [5.41, 5.74) is 0.881. The predicted molar refractivity (Wildman–Crippen MR) is 91.2 cm³/mol. The van der Waals surface area contributed by atoms with Crippen LogP contribution in [0.15, 0.2) is 30.6 Å². The monoisotopic (exact) mass is 344 g/mol. The fraction of sp³-hybridized carbons (Fsp3) is 0.444. The van der Waals surface area contributed by atoms with Gasteiger partial charge in [-0.1, -0.05) is 0 Å². The molecule has 0 bridgehead atoms. The third kappa shape index (κ3) is 3.37. The number of carbonyl (C=O) groups excluding carboxylic acids is 1. The number of aromatic nitrogens is 2. The van der Waals surface area contributed by atoms with Gasteiger partial charge >= 0.3 is 0 Å². The summed E-state index contributed by atoms with van der Waals surface area (Å²) in [5.74, 6) is 0.447. The Bertz CT molecular complexity index is 770. The third-order valence-electron chi connectivity index (χ3n) is 4.83. The highest BCUT2D eigenvalue weighted by molar-refractivity contribution is 5.94. The van der Waals surface area contributed by atoms with Crippen molar-refractivity contribution >= 4 is 11.6 Å². The number of nitrogens with zero attached hydrogens (tertiary/aromatic N) is 3. The molecule has 0 aliphatic carbocycles. The maximum absolute atomic E-state index is 14.5. The lowest BCUT2D eigenvalue weighted by atomic mass is 10.1. The lowest BCUT2D eigenvalue weighted by Gasteiger charge is -2.29. The Morgan fingerprint density at radius 3 is 2.96 bits per heavy atom. The zero-order chi connectivity index (χ0) is 17.2. The van der Waals surface area contributed by atoms with E-state index in [2.05, 4.69) is 14.9 Å². The van der Waals surface area contributed by atoms with Gasteiger partial charge in [-0.25, -0.2) is 9.37 Å². The summed E-state index contributed by atoms with van der Waals surface area (Å²) in [6.45, 7) is 3.23. The van der Waals surface area contributed by atoms with Crippen molar-refractivity contribution in [2.45, 2.75) is 25.4 Å². The highest BCUT2D eigenvalue weighted by atomic mass is 19.1. The van der Waals surface area contributed by atoms with Crippen LogP contribution in [-0.4, -0.2) is 47.8 Å². The molecule has 25 heavy (non-hydrogen) atoms. The molecule has 1 unspecified atom stereocenters. The highest BCUT2D eigenvalue weighted by Gasteiger charge is 2.22. The molecule has 132 valence electrons. The number of morpholine rings is 1. The fourth-order valence-corrected chi connectivity index (χ4v) is 3.46. The normalized spacial score (nSPS) is 20.2. The van der Waals surface area contributed by atoms with Crippen molar-refractivity contribution in [3.63, 3.8) is 0 Å². The number of benzene rings is 1. The summed E-state index contributed by atoms with van der Waals surface area (Å²) in [5, 5.41) is 3.00. The Kier molecular flexibility index (Phi) is 4.40. The Balaban J connectivity index is 1.43. The largest absolute Gasteiger partial charge is 0.378 e. The smallest absolute Gasteiger partial charge is 0.251 e. The highest BCUT2D eigenvalue weighted by Crippen LogP contribution is 2.22. The number of nitrogens with one attached hydrogen (secondary N) is 1. The zero-order valence-corrected chi connectivity index (χ0v) is 13.9. The van der Waals surface area contributed by atoms with Crippen molar-refractivity contribution in [1.82, 2.24) is 14.9 Å². The number of halogens is 1. The molecule has 0 spiro atoms. The van der Waals surface area contributed by atoms with Crippen molar-refractivity contribution < 1.29 is 13.9 Å². The van der Waals surface area contributed by atoms with Crippen LogP contribution in [0.2, 0.25) is 0 Å². The van der Waals surface area contributed by atoms with Gasteiger partial charge in [-0.05, 0) is 24.6 Å². The number of fused-ring (bicyclic) bond motifs is 1. The summed E-state index contributed by atoms with van der Waals surface area (Å²) >= 11 is 0. The molecule has 2 aliphatic heterocycles. The Morgan fingerprint density at radius 2 is 2.16 bits per heavy atom. The second-order valence-corrected chi connectivity index (χ2v) is 6.47. The van der Waals surface area contributed by atoms with Gasteiger partial charge in [0.2, 0.25) is 0 Å². The average Bonchev–Trinajstić information content (AvgIpc) is 3.10. The van der Waals surface area contributed by atoms with Gasteiger partial charge in [0.25, 0.3) is 5.91 Å². The molecule has 1 fully saturated rings. The van der Waals surface area contributed by atoms with Crippen molar-refractivity contribution in [2.24, 2.45) is 0 Å². The molecular weight excluding hydrogens is 323 g/mol. The Labute approximate surface area is 145 Å². The topological polar surface area (TPSA) is 59.4 Å². The first-order valence-corrected chi connectivity index (χ1v) is 8.64. The van der Waals surface area contributed by atoms with Crippen LogP contribution in [-0.2, 0) is 17.7 Å². The summed E-state index contributed by atoms with van der Waals surface area (Å²) in [6.07, 6.45) is 5.38. The van der Waals surface area contributed by atoms with Crippen molar-refractivity contribution in [1.29, 1.82) is 0 Å². The summed E-state index contributed by atoms with van der Waals surface area (Å²) < 4.78 is 21.8. The maximum atomic E-state index is 14.5. The first-order valence-electron chi connectivity index (χ1n) is 8.64. The molecule has 4 rings (SSSR count). The van der Waals surface area contributed by atoms with Gasteiger partial charge in [0, 0.05) is 50.1 Å². The standard InChI is InChI=1S/C18H21FN4O2/c19-15-11-13(1-3-16(15)22-7-9-25-10-8-22)18(24)21-14-2-4-17-20-5-6-23(17)12-14/h1,3,5-6,11,14H,2,4,7-10,12H2,(H,21,24).